The molecule has 2 N–H and O–H groups in total. The van der Waals surface area contributed by atoms with Crippen LogP contribution in [-0.4, -0.2) is 37.1 Å². The number of anilines is 1. The first-order valence-electron chi connectivity index (χ1n) is 6.79. The summed E-state index contributed by atoms with van der Waals surface area (Å²) in [6, 6.07) is 11.7. The Hall–Kier alpha value is -2.07. The molecule has 1 saturated heterocycles. The molecule has 20 heavy (non-hydrogen) atoms. The van der Waals surface area contributed by atoms with Gasteiger partial charge >= 0.3 is 0 Å². The first-order chi connectivity index (χ1) is 9.69. The van der Waals surface area contributed by atoms with Crippen molar-refractivity contribution >= 4 is 22.4 Å². The van der Waals surface area contributed by atoms with Gasteiger partial charge in [0.25, 0.3) is 5.91 Å². The van der Waals surface area contributed by atoms with Crippen molar-refractivity contribution < 1.29 is 9.53 Å². The Kier molecular flexibility index (Phi) is 3.32. The van der Waals surface area contributed by atoms with Gasteiger partial charge < -0.3 is 15.4 Å². The largest absolute Gasteiger partial charge is 0.398 e. The van der Waals surface area contributed by atoms with Crippen molar-refractivity contribution in [3.05, 3.63) is 42.0 Å². The minimum Gasteiger partial charge on any atom is -0.398 e. The van der Waals surface area contributed by atoms with Crippen molar-refractivity contribution in [2.24, 2.45) is 0 Å². The van der Waals surface area contributed by atoms with Crippen LogP contribution in [-0.2, 0) is 4.74 Å². The van der Waals surface area contributed by atoms with Gasteiger partial charge in [0.05, 0.1) is 11.7 Å². The number of methoxy groups -OCH3 is 1. The molecule has 1 aliphatic heterocycles. The Bertz CT molecular complexity index is 654. The number of ether oxygens (including phenoxy) is 1. The summed E-state index contributed by atoms with van der Waals surface area (Å²) in [5.74, 6) is -0.00666. The van der Waals surface area contributed by atoms with E-state index in [-0.39, 0.29) is 12.0 Å². The lowest BCUT2D eigenvalue weighted by Gasteiger charge is -2.17. The van der Waals surface area contributed by atoms with E-state index >= 15 is 0 Å². The standard InChI is InChI=1S/C16H18N2O2/c1-20-13-6-7-18(10-13)16(19)14-8-11-4-2-3-5-12(11)9-15(14)17/h2-5,8-9,13H,6-7,10,17H2,1H3. The third-order valence-electron chi connectivity index (χ3n) is 3.91. The molecule has 104 valence electrons. The van der Waals surface area contributed by atoms with E-state index in [4.69, 9.17) is 10.5 Å². The summed E-state index contributed by atoms with van der Waals surface area (Å²) in [7, 11) is 1.68. The number of rotatable bonds is 2. The van der Waals surface area contributed by atoms with E-state index in [2.05, 4.69) is 0 Å². The van der Waals surface area contributed by atoms with Crippen molar-refractivity contribution in [3.8, 4) is 0 Å². The van der Waals surface area contributed by atoms with Gasteiger partial charge in [-0.3, -0.25) is 4.79 Å². The number of amides is 1. The summed E-state index contributed by atoms with van der Waals surface area (Å²) < 4.78 is 5.30. The number of nitrogens with two attached hydrogens (primary N) is 1. The number of fused-ring (bicyclic) bond motifs is 1. The van der Waals surface area contributed by atoms with Crippen LogP contribution in [0.25, 0.3) is 10.8 Å². The third-order valence-corrected chi connectivity index (χ3v) is 3.91. The molecule has 0 radical (unpaired) electrons. The lowest BCUT2D eigenvalue weighted by Crippen LogP contribution is -2.30. The fourth-order valence-electron chi connectivity index (χ4n) is 2.72. The Morgan fingerprint density at radius 1 is 1.30 bits per heavy atom. The maximum absolute atomic E-state index is 12.6. The Balaban J connectivity index is 1.93. The molecule has 0 aliphatic carbocycles. The SMILES string of the molecule is COC1CCN(C(=O)c2cc3ccccc3cc2N)C1. The highest BCUT2D eigenvalue weighted by molar-refractivity contribution is 6.04. The number of hydrogen-bond donors (Lipinski definition) is 1. The Morgan fingerprint density at radius 3 is 2.65 bits per heavy atom. The fourth-order valence-corrected chi connectivity index (χ4v) is 2.72. The van der Waals surface area contributed by atoms with E-state index in [1.54, 1.807) is 7.11 Å². The molecule has 1 atom stereocenters. The van der Waals surface area contributed by atoms with Crippen LogP contribution in [0.1, 0.15) is 16.8 Å². The smallest absolute Gasteiger partial charge is 0.256 e. The van der Waals surface area contributed by atoms with Crippen LogP contribution < -0.4 is 5.73 Å². The predicted octanol–water partition coefficient (Wildman–Crippen LogP) is 2.28. The highest BCUT2D eigenvalue weighted by atomic mass is 16.5. The van der Waals surface area contributed by atoms with Crippen molar-refractivity contribution in [1.82, 2.24) is 4.90 Å². The van der Waals surface area contributed by atoms with Crippen LogP contribution in [0.5, 0.6) is 0 Å². The second kappa shape index (κ2) is 5.13. The third kappa shape index (κ3) is 2.23. The molecule has 0 spiro atoms. The molecule has 1 unspecified atom stereocenters. The van der Waals surface area contributed by atoms with Gasteiger partial charge in [-0.05, 0) is 29.3 Å². The van der Waals surface area contributed by atoms with Gasteiger partial charge in [0, 0.05) is 25.9 Å². The van der Waals surface area contributed by atoms with Gasteiger partial charge in [-0.15, -0.1) is 0 Å². The second-order valence-corrected chi connectivity index (χ2v) is 5.18. The molecule has 1 amide bonds. The van der Waals surface area contributed by atoms with Gasteiger partial charge in [0.15, 0.2) is 0 Å². The average Bonchev–Trinajstić information content (AvgIpc) is 2.94. The normalized spacial score (nSPS) is 18.6. The molecule has 0 saturated carbocycles. The molecule has 4 nitrogen and oxygen atoms in total. The summed E-state index contributed by atoms with van der Waals surface area (Å²) in [6.45, 7) is 1.37. The molecule has 1 fully saturated rings. The van der Waals surface area contributed by atoms with Gasteiger partial charge in [-0.1, -0.05) is 24.3 Å². The summed E-state index contributed by atoms with van der Waals surface area (Å²) in [5, 5.41) is 2.09. The maximum Gasteiger partial charge on any atom is 0.256 e. The molecular weight excluding hydrogens is 252 g/mol. The summed E-state index contributed by atoms with van der Waals surface area (Å²) in [5.41, 5.74) is 7.16. The number of likely N-dealkylation sites (tertiary alicyclic amines) is 1. The first kappa shape index (κ1) is 12.9. The molecule has 1 aliphatic rings. The quantitative estimate of drug-likeness (QED) is 0.852. The van der Waals surface area contributed by atoms with E-state index in [1.807, 2.05) is 41.3 Å². The van der Waals surface area contributed by atoms with Crippen LogP contribution in [0.15, 0.2) is 36.4 Å². The Morgan fingerprint density at radius 2 is 2.00 bits per heavy atom. The topological polar surface area (TPSA) is 55.6 Å². The highest BCUT2D eigenvalue weighted by Gasteiger charge is 2.27. The summed E-state index contributed by atoms with van der Waals surface area (Å²) in [6.07, 6.45) is 1.02. The molecule has 4 heteroatoms. The number of hydrogen-bond acceptors (Lipinski definition) is 3. The van der Waals surface area contributed by atoms with E-state index in [9.17, 15) is 4.79 Å². The van der Waals surface area contributed by atoms with Crippen LogP contribution in [0.4, 0.5) is 5.69 Å². The molecule has 2 aromatic rings. The number of carbonyl (C=O) groups is 1. The number of benzene rings is 2. The zero-order valence-electron chi connectivity index (χ0n) is 11.5. The predicted molar refractivity (Wildman–Crippen MR) is 79.7 cm³/mol. The van der Waals surface area contributed by atoms with E-state index in [0.29, 0.717) is 17.8 Å². The van der Waals surface area contributed by atoms with Crippen molar-refractivity contribution in [2.45, 2.75) is 12.5 Å². The van der Waals surface area contributed by atoms with Crippen LogP contribution in [0, 0.1) is 0 Å². The number of nitrogen functional groups attached to an aromatic ring is 1. The molecule has 0 aromatic heterocycles. The lowest BCUT2D eigenvalue weighted by molar-refractivity contribution is 0.0725. The van der Waals surface area contributed by atoms with E-state index < -0.39 is 0 Å². The van der Waals surface area contributed by atoms with Crippen LogP contribution in [0.2, 0.25) is 0 Å². The minimum absolute atomic E-state index is 0.00666. The molecule has 1 heterocycles. The highest BCUT2D eigenvalue weighted by Crippen LogP contribution is 2.24. The van der Waals surface area contributed by atoms with E-state index in [0.717, 1.165) is 23.7 Å². The fraction of sp³-hybridized carbons (Fsp3) is 0.312. The van der Waals surface area contributed by atoms with Gasteiger partial charge in [0.2, 0.25) is 0 Å². The van der Waals surface area contributed by atoms with Gasteiger partial charge in [0.1, 0.15) is 0 Å². The lowest BCUT2D eigenvalue weighted by atomic mass is 10.0. The van der Waals surface area contributed by atoms with Crippen LogP contribution >= 0.6 is 0 Å². The average molecular weight is 270 g/mol. The van der Waals surface area contributed by atoms with Crippen molar-refractivity contribution in [1.29, 1.82) is 0 Å². The monoisotopic (exact) mass is 270 g/mol. The minimum atomic E-state index is -0.00666. The molecular formula is C16H18N2O2. The zero-order chi connectivity index (χ0) is 14.1. The van der Waals surface area contributed by atoms with Gasteiger partial charge in [-0.2, -0.15) is 0 Å². The number of carbonyl (C=O) groups excluding carboxylic acids is 1. The van der Waals surface area contributed by atoms with E-state index in [1.165, 1.54) is 0 Å². The molecule has 3 rings (SSSR count). The van der Waals surface area contributed by atoms with Gasteiger partial charge in [-0.25, -0.2) is 0 Å². The summed E-state index contributed by atoms with van der Waals surface area (Å²) in [4.78, 5) is 14.4. The maximum atomic E-state index is 12.6. The van der Waals surface area contributed by atoms with Crippen LogP contribution in [0.3, 0.4) is 0 Å². The second-order valence-electron chi connectivity index (χ2n) is 5.18. The number of nitrogens with zero attached hydrogens (tertiary/aromatic N) is 1. The molecule has 0 bridgehead atoms. The summed E-state index contributed by atoms with van der Waals surface area (Å²) >= 11 is 0. The zero-order valence-corrected chi connectivity index (χ0v) is 11.5. The van der Waals surface area contributed by atoms with Crippen molar-refractivity contribution in [3.63, 3.8) is 0 Å². The molecule has 2 aromatic carbocycles. The Labute approximate surface area is 118 Å². The first-order valence-corrected chi connectivity index (χ1v) is 6.79. The van der Waals surface area contributed by atoms with Crippen molar-refractivity contribution in [2.75, 3.05) is 25.9 Å².